The Balaban J connectivity index is 4.62. The standard InChI is InChI=1S/C10H14BrF2N3/c1-16(2)7-15-5-3-4-8(10(12)13)9(11)6-14/h3,6-7,10H,5,14H2,1-2H3/b9-6+,15-7?. The van der Waals surface area contributed by atoms with E-state index in [2.05, 4.69) is 26.7 Å². The van der Waals surface area contributed by atoms with Gasteiger partial charge in [0.05, 0.1) is 18.5 Å². The summed E-state index contributed by atoms with van der Waals surface area (Å²) in [6.07, 6.45) is 1.45. The zero-order valence-corrected chi connectivity index (χ0v) is 10.7. The molecule has 0 atom stereocenters. The van der Waals surface area contributed by atoms with Crippen LogP contribution in [-0.4, -0.2) is 38.3 Å². The molecule has 0 unspecified atom stereocenters. The summed E-state index contributed by atoms with van der Waals surface area (Å²) in [7, 11) is 3.64. The van der Waals surface area contributed by atoms with Crippen LogP contribution < -0.4 is 5.73 Å². The fraction of sp³-hybridized carbons (Fsp3) is 0.400. The maximum Gasteiger partial charge on any atom is 0.271 e. The van der Waals surface area contributed by atoms with Gasteiger partial charge in [-0.25, -0.2) is 8.78 Å². The van der Waals surface area contributed by atoms with Crippen LogP contribution in [0.5, 0.6) is 0 Å². The van der Waals surface area contributed by atoms with Crippen LogP contribution in [0.15, 0.2) is 33.1 Å². The number of nitrogens with zero attached hydrogens (tertiary/aromatic N) is 2. The van der Waals surface area contributed by atoms with Crippen LogP contribution in [0.1, 0.15) is 0 Å². The molecular weight excluding hydrogens is 280 g/mol. The Morgan fingerprint density at radius 1 is 1.56 bits per heavy atom. The number of rotatable bonds is 5. The highest BCUT2D eigenvalue weighted by atomic mass is 79.9. The van der Waals surface area contributed by atoms with Gasteiger partial charge in [-0.1, -0.05) is 0 Å². The molecule has 0 saturated heterocycles. The molecule has 0 aromatic rings. The number of allylic oxidation sites excluding steroid dienone is 1. The van der Waals surface area contributed by atoms with E-state index >= 15 is 0 Å². The van der Waals surface area contributed by atoms with Crippen LogP contribution in [0, 0.1) is 0 Å². The van der Waals surface area contributed by atoms with E-state index in [0.29, 0.717) is 6.54 Å². The van der Waals surface area contributed by atoms with Gasteiger partial charge in [-0.3, -0.25) is 4.99 Å². The molecule has 0 fully saturated rings. The Morgan fingerprint density at radius 2 is 2.19 bits per heavy atom. The lowest BCUT2D eigenvalue weighted by Crippen LogP contribution is -2.07. The molecule has 6 heteroatoms. The normalized spacial score (nSPS) is 11.8. The predicted molar refractivity (Wildman–Crippen MR) is 65.8 cm³/mol. The number of nitrogens with two attached hydrogens (primary N) is 1. The zero-order valence-electron chi connectivity index (χ0n) is 9.12. The average Bonchev–Trinajstić information content (AvgIpc) is 2.21. The molecule has 0 aromatic heterocycles. The Morgan fingerprint density at radius 3 is 2.62 bits per heavy atom. The van der Waals surface area contributed by atoms with Crippen molar-refractivity contribution in [2.45, 2.75) is 6.43 Å². The molecule has 0 radical (unpaired) electrons. The van der Waals surface area contributed by atoms with E-state index in [4.69, 9.17) is 5.73 Å². The lowest BCUT2D eigenvalue weighted by atomic mass is 10.3. The van der Waals surface area contributed by atoms with Crippen LogP contribution in [-0.2, 0) is 0 Å². The van der Waals surface area contributed by atoms with Gasteiger partial charge < -0.3 is 10.6 Å². The van der Waals surface area contributed by atoms with E-state index in [0.717, 1.165) is 6.20 Å². The van der Waals surface area contributed by atoms with E-state index in [1.54, 1.807) is 11.2 Å². The second-order valence-corrected chi connectivity index (χ2v) is 3.88. The third-order valence-electron chi connectivity index (χ3n) is 1.39. The highest BCUT2D eigenvalue weighted by molar-refractivity contribution is 9.12. The van der Waals surface area contributed by atoms with Crippen molar-refractivity contribution >= 4 is 22.3 Å². The van der Waals surface area contributed by atoms with Crippen LogP contribution in [0.25, 0.3) is 0 Å². The molecule has 90 valence electrons. The first kappa shape index (κ1) is 14.9. The van der Waals surface area contributed by atoms with Crippen LogP contribution in [0.4, 0.5) is 8.78 Å². The third kappa shape index (κ3) is 6.37. The molecule has 0 rings (SSSR count). The van der Waals surface area contributed by atoms with E-state index in [1.165, 1.54) is 6.08 Å². The maximum absolute atomic E-state index is 12.5. The topological polar surface area (TPSA) is 41.6 Å². The summed E-state index contributed by atoms with van der Waals surface area (Å²) in [4.78, 5) is 5.70. The molecule has 16 heavy (non-hydrogen) atoms. The highest BCUT2D eigenvalue weighted by Gasteiger charge is 2.12. The van der Waals surface area contributed by atoms with Crippen molar-refractivity contribution < 1.29 is 8.78 Å². The Bertz CT molecular complexity index is 329. The van der Waals surface area contributed by atoms with Crippen LogP contribution in [0.2, 0.25) is 0 Å². The van der Waals surface area contributed by atoms with Gasteiger partial charge in [0.1, 0.15) is 0 Å². The number of alkyl halides is 2. The second-order valence-electron chi connectivity index (χ2n) is 3.02. The summed E-state index contributed by atoms with van der Waals surface area (Å²) in [5.41, 5.74) is 7.31. The van der Waals surface area contributed by atoms with Gasteiger partial charge in [0.25, 0.3) is 6.43 Å². The minimum atomic E-state index is -2.62. The quantitative estimate of drug-likeness (QED) is 0.365. The Labute approximate surface area is 102 Å². The summed E-state index contributed by atoms with van der Waals surface area (Å²) in [6, 6.07) is 0. The van der Waals surface area contributed by atoms with Crippen LogP contribution >= 0.6 is 15.9 Å². The molecule has 0 amide bonds. The predicted octanol–water partition coefficient (Wildman–Crippen LogP) is 2.12. The largest absolute Gasteiger partial charge is 0.404 e. The fourth-order valence-corrected chi connectivity index (χ4v) is 1.03. The van der Waals surface area contributed by atoms with Crippen molar-refractivity contribution in [2.24, 2.45) is 10.7 Å². The van der Waals surface area contributed by atoms with E-state index in [1.807, 2.05) is 14.1 Å². The summed E-state index contributed by atoms with van der Waals surface area (Å²) in [6.45, 7) is 0.291. The van der Waals surface area contributed by atoms with Gasteiger partial charge in [-0.2, -0.15) is 0 Å². The van der Waals surface area contributed by atoms with Gasteiger partial charge in [-0.15, -0.1) is 5.73 Å². The van der Waals surface area contributed by atoms with Crippen molar-refractivity contribution in [1.82, 2.24) is 4.90 Å². The second kappa shape index (κ2) is 8.07. The van der Waals surface area contributed by atoms with Gasteiger partial charge in [0, 0.05) is 24.8 Å². The molecule has 2 N–H and O–H groups in total. The van der Waals surface area contributed by atoms with E-state index < -0.39 is 6.43 Å². The first-order chi connectivity index (χ1) is 7.49. The Kier molecular flexibility index (Phi) is 7.50. The first-order valence-corrected chi connectivity index (χ1v) is 5.25. The third-order valence-corrected chi connectivity index (χ3v) is 2.08. The molecule has 0 aromatic carbocycles. The number of hydrogen-bond donors (Lipinski definition) is 1. The molecule has 0 saturated carbocycles. The van der Waals surface area contributed by atoms with Crippen molar-refractivity contribution in [2.75, 3.05) is 20.6 Å². The summed E-state index contributed by atoms with van der Waals surface area (Å²) >= 11 is 2.93. The molecule has 3 nitrogen and oxygen atoms in total. The minimum absolute atomic E-state index is 0.135. The lowest BCUT2D eigenvalue weighted by Gasteiger charge is -2.01. The molecule has 0 aliphatic heterocycles. The number of aliphatic imine (C=N–C) groups is 1. The van der Waals surface area contributed by atoms with E-state index in [9.17, 15) is 8.78 Å². The summed E-state index contributed by atoms with van der Waals surface area (Å²) in [5, 5.41) is 0. The van der Waals surface area contributed by atoms with Gasteiger partial charge in [0.15, 0.2) is 0 Å². The summed E-state index contributed by atoms with van der Waals surface area (Å²) in [5.74, 6) is 0. The SMILES string of the molecule is CN(C)C=NCC=C=C(/C(Br)=C\N)C(F)F. The van der Waals surface area contributed by atoms with Crippen molar-refractivity contribution in [3.8, 4) is 0 Å². The van der Waals surface area contributed by atoms with Crippen molar-refractivity contribution in [1.29, 1.82) is 0 Å². The highest BCUT2D eigenvalue weighted by Crippen LogP contribution is 2.21. The van der Waals surface area contributed by atoms with Gasteiger partial charge in [0.2, 0.25) is 0 Å². The monoisotopic (exact) mass is 293 g/mol. The molecular formula is C10H14BrF2N3. The zero-order chi connectivity index (χ0) is 12.6. The van der Waals surface area contributed by atoms with Crippen LogP contribution in [0.3, 0.4) is 0 Å². The number of halogens is 3. The fourth-order valence-electron chi connectivity index (χ4n) is 0.745. The van der Waals surface area contributed by atoms with Gasteiger partial charge >= 0.3 is 0 Å². The Hall–Kier alpha value is -1.13. The van der Waals surface area contributed by atoms with Crippen molar-refractivity contribution in [3.05, 3.63) is 28.1 Å². The number of hydrogen-bond acceptors (Lipinski definition) is 2. The smallest absolute Gasteiger partial charge is 0.271 e. The van der Waals surface area contributed by atoms with Crippen molar-refractivity contribution in [3.63, 3.8) is 0 Å². The molecule has 0 bridgehead atoms. The summed E-state index contributed by atoms with van der Waals surface area (Å²) < 4.78 is 25.1. The van der Waals surface area contributed by atoms with E-state index in [-0.39, 0.29) is 10.1 Å². The lowest BCUT2D eigenvalue weighted by molar-refractivity contribution is 0.194. The first-order valence-electron chi connectivity index (χ1n) is 4.46. The minimum Gasteiger partial charge on any atom is -0.404 e. The molecule has 0 spiro atoms. The maximum atomic E-state index is 12.5. The average molecular weight is 294 g/mol. The van der Waals surface area contributed by atoms with Gasteiger partial charge in [-0.05, 0) is 22.0 Å². The molecule has 0 aliphatic rings. The molecule has 0 heterocycles. The molecule has 0 aliphatic carbocycles.